The summed E-state index contributed by atoms with van der Waals surface area (Å²) in [4.78, 5) is 3.76. The zero-order chi connectivity index (χ0) is 11.4. The van der Waals surface area contributed by atoms with Crippen molar-refractivity contribution in [1.29, 1.82) is 0 Å². The summed E-state index contributed by atoms with van der Waals surface area (Å²) in [5.41, 5.74) is 6.45. The van der Waals surface area contributed by atoms with E-state index >= 15 is 0 Å². The van der Waals surface area contributed by atoms with Gasteiger partial charge in [0, 0.05) is 20.4 Å². The maximum absolute atomic E-state index is 5.65. The molecule has 0 atom stereocenters. The number of hydrogen-bond acceptors (Lipinski definition) is 3. The molecule has 2 aromatic carbocycles. The van der Waals surface area contributed by atoms with Gasteiger partial charge in [-0.1, -0.05) is 11.8 Å². The van der Waals surface area contributed by atoms with Crippen molar-refractivity contribution in [3.8, 4) is 0 Å². The van der Waals surface area contributed by atoms with Crippen molar-refractivity contribution in [2.45, 2.75) is 14.7 Å². The summed E-state index contributed by atoms with van der Waals surface area (Å²) in [5.74, 6) is 0. The van der Waals surface area contributed by atoms with Gasteiger partial charge in [0.1, 0.15) is 0 Å². The maximum Gasteiger partial charge on any atom is 0.0314 e. The van der Waals surface area contributed by atoms with E-state index in [-0.39, 0.29) is 0 Å². The summed E-state index contributed by atoms with van der Waals surface area (Å²) in [7, 11) is 0. The molecule has 0 spiro atoms. The molecular formula is C13H13NS2. The van der Waals surface area contributed by atoms with Crippen molar-refractivity contribution in [3.05, 3.63) is 48.5 Å². The molecule has 0 aliphatic rings. The summed E-state index contributed by atoms with van der Waals surface area (Å²) in [5, 5.41) is 0. The van der Waals surface area contributed by atoms with Crippen molar-refractivity contribution in [1.82, 2.24) is 0 Å². The monoisotopic (exact) mass is 247 g/mol. The molecule has 3 heteroatoms. The quantitative estimate of drug-likeness (QED) is 0.652. The number of nitrogen functional groups attached to an aromatic ring is 1. The van der Waals surface area contributed by atoms with E-state index in [4.69, 9.17) is 5.73 Å². The Kier molecular flexibility index (Phi) is 3.80. The van der Waals surface area contributed by atoms with Gasteiger partial charge in [-0.05, 0) is 54.8 Å². The smallest absolute Gasteiger partial charge is 0.0314 e. The first-order valence-corrected chi connectivity index (χ1v) is 6.99. The number of rotatable bonds is 3. The Bertz CT molecular complexity index is 448. The molecule has 1 nitrogen and oxygen atoms in total. The van der Waals surface area contributed by atoms with Crippen molar-refractivity contribution in [2.24, 2.45) is 0 Å². The van der Waals surface area contributed by atoms with Crippen LogP contribution in [0.25, 0.3) is 0 Å². The average Bonchev–Trinajstić information content (AvgIpc) is 2.33. The molecule has 0 aliphatic heterocycles. The molecule has 0 saturated heterocycles. The van der Waals surface area contributed by atoms with Crippen molar-refractivity contribution < 1.29 is 0 Å². The van der Waals surface area contributed by atoms with Crippen LogP contribution in [0.2, 0.25) is 0 Å². The van der Waals surface area contributed by atoms with Crippen molar-refractivity contribution in [3.63, 3.8) is 0 Å². The van der Waals surface area contributed by atoms with Gasteiger partial charge in [-0.3, -0.25) is 0 Å². The van der Waals surface area contributed by atoms with Crippen LogP contribution in [0.4, 0.5) is 5.69 Å². The summed E-state index contributed by atoms with van der Waals surface area (Å²) in [6.45, 7) is 0. The van der Waals surface area contributed by atoms with E-state index in [2.05, 4.69) is 30.5 Å². The molecule has 2 N–H and O–H groups in total. The first-order chi connectivity index (χ1) is 7.78. The Morgan fingerprint density at radius 1 is 0.750 bits per heavy atom. The number of thioether (sulfide) groups is 1. The zero-order valence-electron chi connectivity index (χ0n) is 9.01. The largest absolute Gasteiger partial charge is 0.399 e. The van der Waals surface area contributed by atoms with Gasteiger partial charge >= 0.3 is 0 Å². The van der Waals surface area contributed by atoms with Crippen LogP contribution in [0.15, 0.2) is 63.2 Å². The van der Waals surface area contributed by atoms with Crippen LogP contribution in [-0.4, -0.2) is 6.26 Å². The fourth-order valence-corrected chi connectivity index (χ4v) is 2.54. The van der Waals surface area contributed by atoms with Gasteiger partial charge in [0.05, 0.1) is 0 Å². The molecule has 0 radical (unpaired) electrons. The van der Waals surface area contributed by atoms with E-state index < -0.39 is 0 Å². The summed E-state index contributed by atoms with van der Waals surface area (Å²) in [6, 6.07) is 16.5. The molecule has 2 aromatic rings. The van der Waals surface area contributed by atoms with Crippen LogP contribution >= 0.6 is 23.5 Å². The topological polar surface area (TPSA) is 26.0 Å². The normalized spacial score (nSPS) is 10.3. The lowest BCUT2D eigenvalue weighted by molar-refractivity contribution is 1.34. The lowest BCUT2D eigenvalue weighted by atomic mass is 10.3. The molecule has 0 amide bonds. The van der Waals surface area contributed by atoms with E-state index in [9.17, 15) is 0 Å². The molecule has 2 rings (SSSR count). The number of benzene rings is 2. The first kappa shape index (κ1) is 11.4. The Morgan fingerprint density at radius 3 is 1.69 bits per heavy atom. The highest BCUT2D eigenvalue weighted by Crippen LogP contribution is 2.29. The molecule has 0 heterocycles. The third-order valence-electron chi connectivity index (χ3n) is 2.18. The summed E-state index contributed by atoms with van der Waals surface area (Å²) >= 11 is 3.51. The zero-order valence-corrected chi connectivity index (χ0v) is 10.6. The SMILES string of the molecule is CSc1ccc(Sc2ccc(N)cc2)cc1. The second-order valence-corrected chi connectivity index (χ2v) is 5.37. The van der Waals surface area contributed by atoms with E-state index in [1.807, 2.05) is 24.3 Å². The third kappa shape index (κ3) is 2.97. The first-order valence-electron chi connectivity index (χ1n) is 4.95. The van der Waals surface area contributed by atoms with E-state index in [0.717, 1.165) is 5.69 Å². The van der Waals surface area contributed by atoms with Crippen LogP contribution < -0.4 is 5.73 Å². The minimum Gasteiger partial charge on any atom is -0.399 e. The molecule has 0 aromatic heterocycles. The van der Waals surface area contributed by atoms with Crippen LogP contribution in [0.1, 0.15) is 0 Å². The number of hydrogen-bond donors (Lipinski definition) is 1. The Labute approximate surface area is 104 Å². The summed E-state index contributed by atoms with van der Waals surface area (Å²) in [6.07, 6.45) is 2.09. The highest BCUT2D eigenvalue weighted by Gasteiger charge is 1.97. The highest BCUT2D eigenvalue weighted by molar-refractivity contribution is 7.99. The van der Waals surface area contributed by atoms with Crippen LogP contribution in [-0.2, 0) is 0 Å². The van der Waals surface area contributed by atoms with Gasteiger partial charge in [-0.15, -0.1) is 11.8 Å². The second-order valence-electron chi connectivity index (χ2n) is 3.35. The van der Waals surface area contributed by atoms with Crippen LogP contribution in [0.5, 0.6) is 0 Å². The van der Waals surface area contributed by atoms with Gasteiger partial charge in [-0.25, -0.2) is 0 Å². The average molecular weight is 247 g/mol. The maximum atomic E-state index is 5.65. The van der Waals surface area contributed by atoms with Crippen LogP contribution in [0.3, 0.4) is 0 Å². The molecule has 0 fully saturated rings. The standard InChI is InChI=1S/C13H13NS2/c1-15-11-6-8-13(9-7-11)16-12-4-2-10(14)3-5-12/h2-9H,14H2,1H3. The molecule has 0 unspecified atom stereocenters. The fraction of sp³-hybridized carbons (Fsp3) is 0.0769. The minimum absolute atomic E-state index is 0.807. The van der Waals surface area contributed by atoms with E-state index in [1.54, 1.807) is 23.5 Å². The van der Waals surface area contributed by atoms with Crippen molar-refractivity contribution >= 4 is 29.2 Å². The predicted octanol–water partition coefficient (Wildman–Crippen LogP) is 4.14. The Morgan fingerprint density at radius 2 is 1.19 bits per heavy atom. The summed E-state index contributed by atoms with van der Waals surface area (Å²) < 4.78 is 0. The van der Waals surface area contributed by atoms with Crippen LogP contribution in [0, 0.1) is 0 Å². The second kappa shape index (κ2) is 5.32. The molecule has 0 aliphatic carbocycles. The van der Waals surface area contributed by atoms with Gasteiger partial charge in [0.2, 0.25) is 0 Å². The lowest BCUT2D eigenvalue weighted by Gasteiger charge is -2.03. The van der Waals surface area contributed by atoms with Gasteiger partial charge in [0.25, 0.3) is 0 Å². The predicted molar refractivity (Wildman–Crippen MR) is 73.2 cm³/mol. The molecular weight excluding hydrogens is 234 g/mol. The third-order valence-corrected chi connectivity index (χ3v) is 3.93. The van der Waals surface area contributed by atoms with Gasteiger partial charge in [-0.2, -0.15) is 0 Å². The fourth-order valence-electron chi connectivity index (χ4n) is 1.32. The molecule has 82 valence electrons. The van der Waals surface area contributed by atoms with E-state index in [1.165, 1.54) is 14.7 Å². The Balaban J connectivity index is 2.11. The van der Waals surface area contributed by atoms with Gasteiger partial charge in [0.15, 0.2) is 0 Å². The number of anilines is 1. The van der Waals surface area contributed by atoms with E-state index in [0.29, 0.717) is 0 Å². The molecule has 0 saturated carbocycles. The van der Waals surface area contributed by atoms with Gasteiger partial charge < -0.3 is 5.73 Å². The lowest BCUT2D eigenvalue weighted by Crippen LogP contribution is -1.82. The minimum atomic E-state index is 0.807. The molecule has 16 heavy (non-hydrogen) atoms. The highest BCUT2D eigenvalue weighted by atomic mass is 32.2. The van der Waals surface area contributed by atoms with Crippen molar-refractivity contribution in [2.75, 3.05) is 12.0 Å². The number of nitrogens with two attached hydrogens (primary N) is 1. The molecule has 0 bridgehead atoms. The Hall–Kier alpha value is -1.06.